The van der Waals surface area contributed by atoms with E-state index >= 15 is 0 Å². The van der Waals surface area contributed by atoms with Crippen molar-refractivity contribution in [1.29, 1.82) is 0 Å². The lowest BCUT2D eigenvalue weighted by Gasteiger charge is -2.07. The van der Waals surface area contributed by atoms with E-state index in [4.69, 9.17) is 0 Å². The Morgan fingerprint density at radius 1 is 1.71 bits per heavy atom. The van der Waals surface area contributed by atoms with E-state index in [2.05, 4.69) is 9.72 Å². The molecule has 1 rings (SSSR count). The van der Waals surface area contributed by atoms with Crippen LogP contribution >= 0.6 is 0 Å². The minimum absolute atomic E-state index is 0.185. The topological polar surface area (TPSA) is 59.4 Å². The molecule has 0 amide bonds. The molecule has 76 valence electrons. The normalized spacial score (nSPS) is 12.2. The van der Waals surface area contributed by atoms with Crippen molar-refractivity contribution < 1.29 is 19.0 Å². The van der Waals surface area contributed by atoms with Crippen molar-refractivity contribution in [2.75, 3.05) is 7.11 Å². The summed E-state index contributed by atoms with van der Waals surface area (Å²) in [6.07, 6.45) is -0.256. The molecule has 0 radical (unpaired) electrons. The summed E-state index contributed by atoms with van der Waals surface area (Å²) in [6, 6.07) is 2.49. The second kappa shape index (κ2) is 4.66. The van der Waals surface area contributed by atoms with Crippen LogP contribution in [0.25, 0.3) is 0 Å². The fourth-order valence-corrected chi connectivity index (χ4v) is 0.930. The molecule has 1 atom stereocenters. The van der Waals surface area contributed by atoms with Gasteiger partial charge < -0.3 is 9.84 Å². The minimum Gasteiger partial charge on any atom is -0.469 e. The molecule has 0 aliphatic rings. The molecule has 0 spiro atoms. The zero-order valence-corrected chi connectivity index (χ0v) is 7.61. The summed E-state index contributed by atoms with van der Waals surface area (Å²) in [5.41, 5.74) is 0.247. The Bertz CT molecular complexity index is 312. The number of esters is 1. The van der Waals surface area contributed by atoms with Gasteiger partial charge in [-0.3, -0.25) is 9.78 Å². The Labute approximate surface area is 80.3 Å². The molecule has 0 aliphatic heterocycles. The predicted molar refractivity (Wildman–Crippen MR) is 45.8 cm³/mol. The number of aliphatic hydroxyl groups is 1. The van der Waals surface area contributed by atoms with Gasteiger partial charge in [-0.15, -0.1) is 0 Å². The van der Waals surface area contributed by atoms with Crippen molar-refractivity contribution in [2.24, 2.45) is 0 Å². The van der Waals surface area contributed by atoms with Crippen molar-refractivity contribution in [2.45, 2.75) is 12.5 Å². The number of hydrogen-bond acceptors (Lipinski definition) is 4. The van der Waals surface area contributed by atoms with Crippen LogP contribution in [0.1, 0.15) is 18.2 Å². The maximum Gasteiger partial charge on any atom is 0.308 e. The molecule has 1 heterocycles. The average molecular weight is 199 g/mol. The van der Waals surface area contributed by atoms with Crippen LogP contribution in [-0.2, 0) is 9.53 Å². The monoisotopic (exact) mass is 199 g/mol. The second-order valence-electron chi connectivity index (χ2n) is 2.70. The highest BCUT2D eigenvalue weighted by atomic mass is 19.1. The van der Waals surface area contributed by atoms with Crippen molar-refractivity contribution >= 4 is 5.97 Å². The molecule has 5 heteroatoms. The van der Waals surface area contributed by atoms with Gasteiger partial charge in [-0.05, 0) is 12.1 Å². The fourth-order valence-electron chi connectivity index (χ4n) is 0.930. The Kier molecular flexibility index (Phi) is 3.53. The van der Waals surface area contributed by atoms with Crippen LogP contribution in [0.5, 0.6) is 0 Å². The predicted octanol–water partition coefficient (Wildman–Crippen LogP) is 0.817. The smallest absolute Gasteiger partial charge is 0.308 e. The number of pyridine rings is 1. The second-order valence-corrected chi connectivity index (χ2v) is 2.70. The van der Waals surface area contributed by atoms with E-state index in [1.54, 1.807) is 0 Å². The maximum atomic E-state index is 12.4. The van der Waals surface area contributed by atoms with E-state index in [1.165, 1.54) is 19.2 Å². The molecule has 4 nitrogen and oxygen atoms in total. The van der Waals surface area contributed by atoms with Gasteiger partial charge in [0.1, 0.15) is 11.9 Å². The zero-order valence-electron chi connectivity index (χ0n) is 7.61. The molecule has 14 heavy (non-hydrogen) atoms. The van der Waals surface area contributed by atoms with Crippen molar-refractivity contribution in [3.05, 3.63) is 29.8 Å². The molecule has 0 fully saturated rings. The number of methoxy groups -OCH3 is 1. The maximum absolute atomic E-state index is 12.4. The third-order valence-corrected chi connectivity index (χ3v) is 1.68. The number of hydrogen-bond donors (Lipinski definition) is 1. The summed E-state index contributed by atoms with van der Waals surface area (Å²) in [4.78, 5) is 14.4. The lowest BCUT2D eigenvalue weighted by molar-refractivity contribution is -0.142. The number of aromatic nitrogens is 1. The number of ether oxygens (including phenoxy) is 1. The third-order valence-electron chi connectivity index (χ3n) is 1.68. The van der Waals surface area contributed by atoms with Crippen molar-refractivity contribution in [3.63, 3.8) is 0 Å². The molecule has 1 N–H and O–H groups in total. The molecule has 0 saturated carbocycles. The number of rotatable bonds is 3. The Morgan fingerprint density at radius 2 is 2.43 bits per heavy atom. The van der Waals surface area contributed by atoms with E-state index in [9.17, 15) is 14.3 Å². The van der Waals surface area contributed by atoms with Gasteiger partial charge in [-0.25, -0.2) is 4.39 Å². The van der Waals surface area contributed by atoms with Gasteiger partial charge in [-0.2, -0.15) is 0 Å². The Morgan fingerprint density at radius 3 is 2.93 bits per heavy atom. The molecular weight excluding hydrogens is 189 g/mol. The molecule has 0 aliphatic carbocycles. The highest BCUT2D eigenvalue weighted by molar-refractivity contribution is 5.69. The highest BCUT2D eigenvalue weighted by Gasteiger charge is 2.14. The Hall–Kier alpha value is -1.49. The number of carbonyl (C=O) groups excluding carboxylic acids is 1. The van der Waals surface area contributed by atoms with Crippen LogP contribution in [0.4, 0.5) is 4.39 Å². The molecule has 1 aromatic rings. The third kappa shape index (κ3) is 2.77. The van der Waals surface area contributed by atoms with Gasteiger partial charge in [0.2, 0.25) is 0 Å². The van der Waals surface area contributed by atoms with Crippen LogP contribution < -0.4 is 0 Å². The molecule has 0 bridgehead atoms. The first kappa shape index (κ1) is 10.6. The summed E-state index contributed by atoms with van der Waals surface area (Å²) in [7, 11) is 1.23. The summed E-state index contributed by atoms with van der Waals surface area (Å²) in [5.74, 6) is -1.03. The van der Waals surface area contributed by atoms with Crippen LogP contribution in [0.2, 0.25) is 0 Å². The van der Waals surface area contributed by atoms with E-state index in [0.717, 1.165) is 6.20 Å². The SMILES string of the molecule is COC(=O)C[C@@H](O)c1ccc(F)cn1. The molecular formula is C9H10FNO3. The standard InChI is InChI=1S/C9H10FNO3/c1-14-9(13)4-8(12)7-3-2-6(10)5-11-7/h2-3,5,8,12H,4H2,1H3/t8-/m1/s1. The molecule has 1 aromatic heterocycles. The average Bonchev–Trinajstić information content (AvgIpc) is 2.18. The molecule has 0 unspecified atom stereocenters. The van der Waals surface area contributed by atoms with Crippen molar-refractivity contribution in [3.8, 4) is 0 Å². The largest absolute Gasteiger partial charge is 0.469 e. The lowest BCUT2D eigenvalue weighted by atomic mass is 10.2. The number of carbonyl (C=O) groups is 1. The van der Waals surface area contributed by atoms with Crippen molar-refractivity contribution in [1.82, 2.24) is 4.98 Å². The first-order chi connectivity index (χ1) is 6.63. The van der Waals surface area contributed by atoms with Gasteiger partial charge in [0.05, 0.1) is 25.4 Å². The highest BCUT2D eigenvalue weighted by Crippen LogP contribution is 2.14. The van der Waals surface area contributed by atoms with E-state index in [0.29, 0.717) is 0 Å². The first-order valence-electron chi connectivity index (χ1n) is 4.00. The fraction of sp³-hybridized carbons (Fsp3) is 0.333. The molecule has 0 saturated heterocycles. The first-order valence-corrected chi connectivity index (χ1v) is 4.00. The summed E-state index contributed by atoms with van der Waals surface area (Å²) >= 11 is 0. The minimum atomic E-state index is -1.05. The quantitative estimate of drug-likeness (QED) is 0.732. The van der Waals surface area contributed by atoms with Gasteiger partial charge in [0.25, 0.3) is 0 Å². The van der Waals surface area contributed by atoms with Gasteiger partial charge in [0.15, 0.2) is 0 Å². The van der Waals surface area contributed by atoms with E-state index < -0.39 is 17.9 Å². The summed E-state index contributed by atoms with van der Waals surface area (Å²) in [5, 5.41) is 9.43. The van der Waals surface area contributed by atoms with E-state index in [1.807, 2.05) is 0 Å². The van der Waals surface area contributed by atoms with Gasteiger partial charge in [-0.1, -0.05) is 0 Å². The molecule has 0 aromatic carbocycles. The number of halogens is 1. The number of aliphatic hydroxyl groups excluding tert-OH is 1. The number of nitrogens with zero attached hydrogens (tertiary/aromatic N) is 1. The van der Waals surface area contributed by atoms with Crippen LogP contribution in [0.3, 0.4) is 0 Å². The van der Waals surface area contributed by atoms with E-state index in [-0.39, 0.29) is 12.1 Å². The Balaban J connectivity index is 2.65. The van der Waals surface area contributed by atoms with Gasteiger partial charge in [0, 0.05) is 0 Å². The van der Waals surface area contributed by atoms with Crippen LogP contribution in [0, 0.1) is 5.82 Å². The van der Waals surface area contributed by atoms with Gasteiger partial charge >= 0.3 is 5.97 Å². The summed E-state index contributed by atoms with van der Waals surface area (Å²) in [6.45, 7) is 0. The zero-order chi connectivity index (χ0) is 10.6. The van der Waals surface area contributed by atoms with Crippen LogP contribution in [0.15, 0.2) is 18.3 Å². The summed E-state index contributed by atoms with van der Waals surface area (Å²) < 4.78 is 16.8. The van der Waals surface area contributed by atoms with Crippen LogP contribution in [-0.4, -0.2) is 23.2 Å². The lowest BCUT2D eigenvalue weighted by Crippen LogP contribution is -2.09.